The zero-order valence-electron chi connectivity index (χ0n) is 11.1. The lowest BCUT2D eigenvalue weighted by Gasteiger charge is -2.31. The van der Waals surface area contributed by atoms with Gasteiger partial charge in [-0.1, -0.05) is 0 Å². The van der Waals surface area contributed by atoms with Crippen molar-refractivity contribution in [2.24, 2.45) is 5.92 Å². The molecule has 0 aromatic carbocycles. The summed E-state index contributed by atoms with van der Waals surface area (Å²) in [6, 6.07) is -0.330. The summed E-state index contributed by atoms with van der Waals surface area (Å²) in [7, 11) is 3.83. The second kappa shape index (κ2) is 7.59. The highest BCUT2D eigenvalue weighted by atomic mass is 35.5. The molecule has 0 spiro atoms. The molecule has 1 N–H and O–H groups in total. The SMILES string of the molecule is CN1CCC(CN(C)C(=O)NC(=O)CCCl)CC1. The first-order chi connectivity index (χ1) is 8.52. The van der Waals surface area contributed by atoms with Gasteiger partial charge in [0.2, 0.25) is 5.91 Å². The number of amides is 3. The first-order valence-electron chi connectivity index (χ1n) is 6.32. The Morgan fingerprint density at radius 2 is 2.00 bits per heavy atom. The van der Waals surface area contributed by atoms with Crippen molar-refractivity contribution in [1.82, 2.24) is 15.1 Å². The van der Waals surface area contributed by atoms with Crippen LogP contribution in [0, 0.1) is 5.92 Å². The third-order valence-corrected chi connectivity index (χ3v) is 3.47. The third-order valence-electron chi connectivity index (χ3n) is 3.28. The van der Waals surface area contributed by atoms with E-state index in [-0.39, 0.29) is 24.2 Å². The molecule has 0 radical (unpaired) electrons. The smallest absolute Gasteiger partial charge is 0.323 e. The minimum atomic E-state index is -0.330. The van der Waals surface area contributed by atoms with Crippen LogP contribution in [0.15, 0.2) is 0 Å². The molecule has 104 valence electrons. The van der Waals surface area contributed by atoms with Crippen LogP contribution in [0.4, 0.5) is 4.79 Å². The highest BCUT2D eigenvalue weighted by molar-refractivity contribution is 6.19. The van der Waals surface area contributed by atoms with Crippen LogP contribution in [0.3, 0.4) is 0 Å². The fourth-order valence-electron chi connectivity index (χ4n) is 2.08. The predicted octanol–water partition coefficient (Wildman–Crippen LogP) is 1.13. The van der Waals surface area contributed by atoms with Gasteiger partial charge in [-0.05, 0) is 38.9 Å². The summed E-state index contributed by atoms with van der Waals surface area (Å²) in [6.45, 7) is 2.85. The standard InChI is InChI=1S/C12H22ClN3O2/c1-15-7-4-10(5-8-15)9-16(2)12(18)14-11(17)3-6-13/h10H,3-9H2,1-2H3,(H,14,17,18). The minimum absolute atomic E-state index is 0.176. The number of hydrogen-bond donors (Lipinski definition) is 1. The maximum absolute atomic E-state index is 11.7. The molecule has 1 saturated heterocycles. The largest absolute Gasteiger partial charge is 0.327 e. The van der Waals surface area contributed by atoms with Crippen LogP contribution in [0.5, 0.6) is 0 Å². The van der Waals surface area contributed by atoms with E-state index in [0.29, 0.717) is 12.5 Å². The van der Waals surface area contributed by atoms with Gasteiger partial charge in [0.25, 0.3) is 0 Å². The topological polar surface area (TPSA) is 52.6 Å². The van der Waals surface area contributed by atoms with Gasteiger partial charge in [0.1, 0.15) is 0 Å². The molecule has 0 aromatic heterocycles. The number of carbonyl (C=O) groups is 2. The zero-order chi connectivity index (χ0) is 13.5. The first-order valence-corrected chi connectivity index (χ1v) is 6.86. The normalized spacial score (nSPS) is 17.5. The van der Waals surface area contributed by atoms with Gasteiger partial charge in [-0.25, -0.2) is 4.79 Å². The van der Waals surface area contributed by atoms with Crippen molar-refractivity contribution in [2.45, 2.75) is 19.3 Å². The van der Waals surface area contributed by atoms with Gasteiger partial charge in [-0.15, -0.1) is 11.6 Å². The molecule has 1 aliphatic rings. The molecule has 1 rings (SSSR count). The van der Waals surface area contributed by atoms with Crippen molar-refractivity contribution >= 4 is 23.5 Å². The maximum Gasteiger partial charge on any atom is 0.323 e. The number of halogens is 1. The molecule has 1 fully saturated rings. The average molecular weight is 276 g/mol. The summed E-state index contributed by atoms with van der Waals surface area (Å²) in [5, 5.41) is 2.33. The van der Waals surface area contributed by atoms with E-state index in [1.807, 2.05) is 0 Å². The zero-order valence-corrected chi connectivity index (χ0v) is 11.9. The number of likely N-dealkylation sites (tertiary alicyclic amines) is 1. The van der Waals surface area contributed by atoms with E-state index in [1.54, 1.807) is 11.9 Å². The Balaban J connectivity index is 2.29. The maximum atomic E-state index is 11.7. The molecular formula is C12H22ClN3O2. The van der Waals surface area contributed by atoms with Crippen LogP contribution in [-0.2, 0) is 4.79 Å². The van der Waals surface area contributed by atoms with Gasteiger partial charge in [0, 0.05) is 25.9 Å². The molecule has 0 saturated carbocycles. The van der Waals surface area contributed by atoms with Crippen molar-refractivity contribution in [3.63, 3.8) is 0 Å². The van der Waals surface area contributed by atoms with Crippen molar-refractivity contribution in [1.29, 1.82) is 0 Å². The number of rotatable bonds is 4. The van der Waals surface area contributed by atoms with E-state index < -0.39 is 0 Å². The summed E-state index contributed by atoms with van der Waals surface area (Å²) >= 11 is 5.44. The number of alkyl halides is 1. The summed E-state index contributed by atoms with van der Waals surface area (Å²) in [6.07, 6.45) is 2.38. The lowest BCUT2D eigenvalue weighted by Crippen LogP contribution is -2.44. The van der Waals surface area contributed by atoms with Crippen LogP contribution < -0.4 is 5.32 Å². The van der Waals surface area contributed by atoms with E-state index in [1.165, 1.54) is 0 Å². The Morgan fingerprint density at radius 1 is 1.39 bits per heavy atom. The van der Waals surface area contributed by atoms with E-state index >= 15 is 0 Å². The number of nitrogens with one attached hydrogen (secondary N) is 1. The first kappa shape index (κ1) is 15.2. The van der Waals surface area contributed by atoms with Crippen LogP contribution in [0.2, 0.25) is 0 Å². The number of imide groups is 1. The summed E-state index contributed by atoms with van der Waals surface area (Å²) < 4.78 is 0. The Labute approximate surface area is 113 Å². The minimum Gasteiger partial charge on any atom is -0.327 e. The van der Waals surface area contributed by atoms with Gasteiger partial charge in [0.15, 0.2) is 0 Å². The monoisotopic (exact) mass is 275 g/mol. The summed E-state index contributed by atoms with van der Waals surface area (Å²) in [4.78, 5) is 26.8. The molecule has 1 heterocycles. The molecule has 0 unspecified atom stereocenters. The van der Waals surface area contributed by atoms with E-state index in [9.17, 15) is 9.59 Å². The summed E-state index contributed by atoms with van der Waals surface area (Å²) in [5.74, 6) is 0.447. The Hall–Kier alpha value is -0.810. The Bertz CT molecular complexity index is 291. The van der Waals surface area contributed by atoms with Gasteiger partial charge < -0.3 is 9.80 Å². The highest BCUT2D eigenvalue weighted by Gasteiger charge is 2.20. The molecule has 0 aliphatic carbocycles. The lowest BCUT2D eigenvalue weighted by atomic mass is 9.97. The molecule has 18 heavy (non-hydrogen) atoms. The Morgan fingerprint density at radius 3 is 2.56 bits per heavy atom. The quantitative estimate of drug-likeness (QED) is 0.783. The number of nitrogens with zero attached hydrogens (tertiary/aromatic N) is 2. The lowest BCUT2D eigenvalue weighted by molar-refractivity contribution is -0.119. The fraction of sp³-hybridized carbons (Fsp3) is 0.833. The predicted molar refractivity (Wildman–Crippen MR) is 71.7 cm³/mol. The number of urea groups is 1. The molecule has 5 nitrogen and oxygen atoms in total. The average Bonchev–Trinajstić information content (AvgIpc) is 2.32. The third kappa shape index (κ3) is 5.23. The van der Waals surface area contributed by atoms with Gasteiger partial charge in [0.05, 0.1) is 0 Å². The fourth-order valence-corrected chi connectivity index (χ4v) is 2.25. The van der Waals surface area contributed by atoms with Crippen molar-refractivity contribution in [3.05, 3.63) is 0 Å². The van der Waals surface area contributed by atoms with E-state index in [2.05, 4.69) is 17.3 Å². The molecule has 0 atom stereocenters. The van der Waals surface area contributed by atoms with Crippen LogP contribution in [-0.4, -0.2) is 61.3 Å². The summed E-state index contributed by atoms with van der Waals surface area (Å²) in [5.41, 5.74) is 0. The van der Waals surface area contributed by atoms with Crippen molar-refractivity contribution in [2.75, 3.05) is 39.6 Å². The van der Waals surface area contributed by atoms with Gasteiger partial charge in [-0.2, -0.15) is 0 Å². The van der Waals surface area contributed by atoms with Crippen molar-refractivity contribution < 1.29 is 9.59 Å². The van der Waals surface area contributed by atoms with Crippen LogP contribution >= 0.6 is 11.6 Å². The second-order valence-electron chi connectivity index (χ2n) is 4.92. The second-order valence-corrected chi connectivity index (χ2v) is 5.30. The number of hydrogen-bond acceptors (Lipinski definition) is 3. The van der Waals surface area contributed by atoms with E-state index in [0.717, 1.165) is 25.9 Å². The van der Waals surface area contributed by atoms with E-state index in [4.69, 9.17) is 11.6 Å². The molecule has 1 aliphatic heterocycles. The molecule has 3 amide bonds. The molecular weight excluding hydrogens is 254 g/mol. The van der Waals surface area contributed by atoms with Crippen molar-refractivity contribution in [3.8, 4) is 0 Å². The van der Waals surface area contributed by atoms with Gasteiger partial charge in [-0.3, -0.25) is 10.1 Å². The van der Waals surface area contributed by atoms with Gasteiger partial charge >= 0.3 is 6.03 Å². The highest BCUT2D eigenvalue weighted by Crippen LogP contribution is 2.16. The molecule has 6 heteroatoms. The van der Waals surface area contributed by atoms with Crippen LogP contribution in [0.1, 0.15) is 19.3 Å². The Kier molecular flexibility index (Phi) is 6.43. The molecule has 0 aromatic rings. The molecule has 0 bridgehead atoms. The number of carbonyl (C=O) groups excluding carboxylic acids is 2. The van der Waals surface area contributed by atoms with Crippen LogP contribution in [0.25, 0.3) is 0 Å². The number of piperidine rings is 1.